The van der Waals surface area contributed by atoms with Gasteiger partial charge in [-0.2, -0.15) is 5.26 Å². The number of para-hydroxylation sites is 2. The van der Waals surface area contributed by atoms with Gasteiger partial charge < -0.3 is 9.64 Å². The summed E-state index contributed by atoms with van der Waals surface area (Å²) in [5.41, 5.74) is 2.20. The molecule has 4 heteroatoms. The Balaban J connectivity index is 2.14. The number of benzene rings is 2. The van der Waals surface area contributed by atoms with E-state index in [4.69, 9.17) is 10.00 Å². The number of amides is 1. The number of ether oxygens (including phenoxy) is 1. The fourth-order valence-corrected chi connectivity index (χ4v) is 2.03. The minimum Gasteiger partial charge on any atom is -0.495 e. The van der Waals surface area contributed by atoms with Crippen LogP contribution in [-0.2, 0) is 11.2 Å². The van der Waals surface area contributed by atoms with Gasteiger partial charge in [0.05, 0.1) is 30.9 Å². The normalized spacial score (nSPS) is 9.76. The average Bonchev–Trinajstić information content (AvgIpc) is 2.54. The highest BCUT2D eigenvalue weighted by Crippen LogP contribution is 2.27. The van der Waals surface area contributed by atoms with Crippen LogP contribution in [0.25, 0.3) is 0 Å². The van der Waals surface area contributed by atoms with Crippen molar-refractivity contribution in [3.05, 3.63) is 59.7 Å². The molecular formula is C17H16N2O2. The van der Waals surface area contributed by atoms with Crippen LogP contribution < -0.4 is 9.64 Å². The van der Waals surface area contributed by atoms with Gasteiger partial charge in [0.25, 0.3) is 0 Å². The van der Waals surface area contributed by atoms with Crippen molar-refractivity contribution in [2.45, 2.75) is 6.42 Å². The summed E-state index contributed by atoms with van der Waals surface area (Å²) >= 11 is 0. The van der Waals surface area contributed by atoms with Crippen LogP contribution in [0.15, 0.2) is 48.5 Å². The van der Waals surface area contributed by atoms with Crippen molar-refractivity contribution in [1.82, 2.24) is 0 Å². The van der Waals surface area contributed by atoms with E-state index in [0.717, 1.165) is 11.3 Å². The summed E-state index contributed by atoms with van der Waals surface area (Å²) in [5, 5.41) is 8.77. The number of nitriles is 1. The molecule has 0 bridgehead atoms. The van der Waals surface area contributed by atoms with E-state index in [1.165, 1.54) is 0 Å². The van der Waals surface area contributed by atoms with E-state index in [1.807, 2.05) is 24.3 Å². The van der Waals surface area contributed by atoms with Gasteiger partial charge in [-0.25, -0.2) is 0 Å². The van der Waals surface area contributed by atoms with Crippen LogP contribution in [0.1, 0.15) is 11.1 Å². The smallest absolute Gasteiger partial charge is 0.231 e. The maximum absolute atomic E-state index is 12.3. The Kier molecular flexibility index (Phi) is 4.57. The summed E-state index contributed by atoms with van der Waals surface area (Å²) in [7, 11) is 3.31. The van der Waals surface area contributed by atoms with Crippen LogP contribution in [0.2, 0.25) is 0 Å². The molecule has 0 saturated carbocycles. The molecule has 0 unspecified atom stereocenters. The molecule has 0 aliphatic rings. The first-order valence-electron chi connectivity index (χ1n) is 6.54. The molecule has 0 heterocycles. The van der Waals surface area contributed by atoms with Gasteiger partial charge in [0.15, 0.2) is 0 Å². The minimum atomic E-state index is -0.0378. The van der Waals surface area contributed by atoms with Gasteiger partial charge in [0.1, 0.15) is 5.75 Å². The summed E-state index contributed by atoms with van der Waals surface area (Å²) in [6.07, 6.45) is 0.278. The van der Waals surface area contributed by atoms with Gasteiger partial charge in [-0.15, -0.1) is 0 Å². The van der Waals surface area contributed by atoms with Crippen molar-refractivity contribution >= 4 is 11.6 Å². The molecule has 106 valence electrons. The summed E-state index contributed by atoms with van der Waals surface area (Å²) < 4.78 is 5.27. The lowest BCUT2D eigenvalue weighted by atomic mass is 10.1. The van der Waals surface area contributed by atoms with Crippen LogP contribution >= 0.6 is 0 Å². The van der Waals surface area contributed by atoms with Crippen LogP contribution in [0.5, 0.6) is 5.75 Å². The first kappa shape index (κ1) is 14.6. The van der Waals surface area contributed by atoms with Crippen LogP contribution in [0, 0.1) is 11.3 Å². The monoisotopic (exact) mass is 280 g/mol. The van der Waals surface area contributed by atoms with E-state index in [0.29, 0.717) is 11.3 Å². The number of methoxy groups -OCH3 is 1. The number of hydrogen-bond donors (Lipinski definition) is 0. The molecule has 0 aromatic heterocycles. The molecule has 0 spiro atoms. The lowest BCUT2D eigenvalue weighted by molar-refractivity contribution is -0.117. The molecule has 2 rings (SSSR count). The fraction of sp³-hybridized carbons (Fsp3) is 0.176. The van der Waals surface area contributed by atoms with E-state index in [-0.39, 0.29) is 12.3 Å². The maximum Gasteiger partial charge on any atom is 0.231 e. The van der Waals surface area contributed by atoms with Crippen LogP contribution in [0.4, 0.5) is 5.69 Å². The van der Waals surface area contributed by atoms with Crippen LogP contribution in [-0.4, -0.2) is 20.1 Å². The standard InChI is InChI=1S/C17H16N2O2/c1-19(15-5-3-4-6-16(15)21-2)17(20)11-13-7-9-14(12-18)10-8-13/h3-10H,11H2,1-2H3. The van der Waals surface area contributed by atoms with Gasteiger partial charge in [-0.05, 0) is 29.8 Å². The lowest BCUT2D eigenvalue weighted by Gasteiger charge is -2.20. The number of rotatable bonds is 4. The van der Waals surface area contributed by atoms with Gasteiger partial charge in [0, 0.05) is 7.05 Å². The second-order valence-electron chi connectivity index (χ2n) is 4.61. The second kappa shape index (κ2) is 6.58. The van der Waals surface area contributed by atoms with Crippen molar-refractivity contribution in [1.29, 1.82) is 5.26 Å². The predicted molar refractivity (Wildman–Crippen MR) is 81.3 cm³/mol. The zero-order valence-corrected chi connectivity index (χ0v) is 12.0. The molecular weight excluding hydrogens is 264 g/mol. The first-order valence-corrected chi connectivity index (χ1v) is 6.54. The van der Waals surface area contributed by atoms with Crippen molar-refractivity contribution in [2.75, 3.05) is 19.1 Å². The zero-order chi connectivity index (χ0) is 15.2. The van der Waals surface area contributed by atoms with E-state index in [2.05, 4.69) is 6.07 Å². The van der Waals surface area contributed by atoms with E-state index < -0.39 is 0 Å². The van der Waals surface area contributed by atoms with Gasteiger partial charge >= 0.3 is 0 Å². The zero-order valence-electron chi connectivity index (χ0n) is 12.0. The Morgan fingerprint density at radius 1 is 1.19 bits per heavy atom. The van der Waals surface area contributed by atoms with Crippen molar-refractivity contribution in [3.63, 3.8) is 0 Å². The second-order valence-corrected chi connectivity index (χ2v) is 4.61. The Bertz CT molecular complexity index is 672. The summed E-state index contributed by atoms with van der Waals surface area (Å²) in [6.45, 7) is 0. The molecule has 2 aromatic rings. The molecule has 0 aliphatic carbocycles. The van der Waals surface area contributed by atoms with E-state index >= 15 is 0 Å². The summed E-state index contributed by atoms with van der Waals surface area (Å²) in [6, 6.07) is 16.5. The largest absolute Gasteiger partial charge is 0.495 e. The Hall–Kier alpha value is -2.80. The molecule has 4 nitrogen and oxygen atoms in total. The SMILES string of the molecule is COc1ccccc1N(C)C(=O)Cc1ccc(C#N)cc1. The fourth-order valence-electron chi connectivity index (χ4n) is 2.03. The number of anilines is 1. The average molecular weight is 280 g/mol. The van der Waals surface area contributed by atoms with E-state index in [9.17, 15) is 4.79 Å². The Morgan fingerprint density at radius 3 is 2.48 bits per heavy atom. The summed E-state index contributed by atoms with van der Waals surface area (Å²) in [4.78, 5) is 13.9. The van der Waals surface area contributed by atoms with Crippen molar-refractivity contribution in [2.24, 2.45) is 0 Å². The third-order valence-electron chi connectivity index (χ3n) is 3.26. The molecule has 0 radical (unpaired) electrons. The molecule has 21 heavy (non-hydrogen) atoms. The number of carbonyl (C=O) groups excluding carboxylic acids is 1. The third-order valence-corrected chi connectivity index (χ3v) is 3.26. The molecule has 2 aromatic carbocycles. The highest BCUT2D eigenvalue weighted by atomic mass is 16.5. The predicted octanol–water partition coefficient (Wildman–Crippen LogP) is 2.77. The highest BCUT2D eigenvalue weighted by Gasteiger charge is 2.15. The van der Waals surface area contributed by atoms with Gasteiger partial charge in [-0.1, -0.05) is 24.3 Å². The molecule has 1 amide bonds. The van der Waals surface area contributed by atoms with E-state index in [1.54, 1.807) is 43.3 Å². The molecule has 0 aliphatic heterocycles. The van der Waals surface area contributed by atoms with Crippen LogP contribution in [0.3, 0.4) is 0 Å². The Morgan fingerprint density at radius 2 is 1.86 bits per heavy atom. The molecule has 0 atom stereocenters. The van der Waals surface area contributed by atoms with Crippen molar-refractivity contribution in [3.8, 4) is 11.8 Å². The highest BCUT2D eigenvalue weighted by molar-refractivity contribution is 5.95. The third kappa shape index (κ3) is 3.40. The molecule has 0 N–H and O–H groups in total. The number of nitrogens with zero attached hydrogens (tertiary/aromatic N) is 2. The topological polar surface area (TPSA) is 53.3 Å². The minimum absolute atomic E-state index is 0.0378. The number of likely N-dealkylation sites (N-methyl/N-ethyl adjacent to an activating group) is 1. The van der Waals surface area contributed by atoms with Crippen molar-refractivity contribution < 1.29 is 9.53 Å². The van der Waals surface area contributed by atoms with Gasteiger partial charge in [0.2, 0.25) is 5.91 Å². The lowest BCUT2D eigenvalue weighted by Crippen LogP contribution is -2.28. The number of carbonyl (C=O) groups is 1. The molecule has 0 fully saturated rings. The quantitative estimate of drug-likeness (QED) is 0.865. The summed E-state index contributed by atoms with van der Waals surface area (Å²) in [5.74, 6) is 0.623. The molecule has 0 saturated heterocycles. The maximum atomic E-state index is 12.3. The first-order chi connectivity index (χ1) is 10.2. The van der Waals surface area contributed by atoms with Gasteiger partial charge in [-0.3, -0.25) is 4.79 Å². The number of hydrogen-bond acceptors (Lipinski definition) is 3. The Labute approximate surface area is 124 Å².